The van der Waals surface area contributed by atoms with Crippen LogP contribution in [0.5, 0.6) is 0 Å². The van der Waals surface area contributed by atoms with Gasteiger partial charge in [-0.25, -0.2) is 0 Å². The third kappa shape index (κ3) is 15.0. The van der Waals surface area contributed by atoms with Crippen LogP contribution in [0.2, 0.25) is 0 Å². The monoisotopic (exact) mass is 1310 g/mol. The first-order valence-corrected chi connectivity index (χ1v) is 28.2. The summed E-state index contributed by atoms with van der Waals surface area (Å²) < 4.78 is 86.5. The maximum Gasteiger partial charge on any atom is 0.187 e. The van der Waals surface area contributed by atoms with Crippen molar-refractivity contribution in [3.63, 3.8) is 0 Å². The van der Waals surface area contributed by atoms with Crippen LogP contribution in [0, 0.1) is 0 Å². The molecule has 0 spiro atoms. The Morgan fingerprint density at radius 1 is 0.169 bits per heavy atom. The van der Waals surface area contributed by atoms with Gasteiger partial charge in [0, 0.05) is 0 Å². The maximum atomic E-state index is 11.8. The lowest BCUT2D eigenvalue weighted by Gasteiger charge is -2.51. The van der Waals surface area contributed by atoms with Crippen molar-refractivity contribution in [1.82, 2.24) is 0 Å². The van der Waals surface area contributed by atoms with E-state index in [9.17, 15) is 133 Å². The highest BCUT2D eigenvalue weighted by molar-refractivity contribution is 5.02. The van der Waals surface area contributed by atoms with Gasteiger partial charge in [-0.15, -0.1) is 0 Å². The van der Waals surface area contributed by atoms with Crippen LogP contribution in [0.15, 0.2) is 0 Å². The number of ether oxygens (including phenoxy) is 15. The van der Waals surface area contributed by atoms with Crippen LogP contribution in [0.1, 0.15) is 0 Å². The zero-order valence-electron chi connectivity index (χ0n) is 46.5. The Bertz CT molecular complexity index is 2130. The molecule has 8 aliphatic heterocycles. The van der Waals surface area contributed by atoms with E-state index >= 15 is 0 Å². The third-order valence-corrected chi connectivity index (χ3v) is 16.7. The molecule has 8 aliphatic rings. The molecule has 0 aromatic carbocycles. The van der Waals surface area contributed by atoms with E-state index in [0.717, 1.165) is 0 Å². The van der Waals surface area contributed by atoms with E-state index in [4.69, 9.17) is 71.1 Å². The molecule has 40 atom stereocenters. The van der Waals surface area contributed by atoms with Crippen LogP contribution in [0.4, 0.5) is 0 Å². The summed E-state index contributed by atoms with van der Waals surface area (Å²) in [6, 6.07) is 0. The van der Waals surface area contributed by atoms with Crippen LogP contribution < -0.4 is 0 Å². The fourth-order valence-electron chi connectivity index (χ4n) is 11.3. The molecule has 0 amide bonds. The summed E-state index contributed by atoms with van der Waals surface area (Å²) in [5.74, 6) is 0. The smallest absolute Gasteiger partial charge is 0.187 e. The van der Waals surface area contributed by atoms with Gasteiger partial charge < -0.3 is 204 Å². The van der Waals surface area contributed by atoms with E-state index in [1.165, 1.54) is 0 Å². The molecule has 0 aromatic rings. The molecular weight excluding hydrogens is 1230 g/mol. The van der Waals surface area contributed by atoms with Gasteiger partial charge in [0.1, 0.15) is 195 Å². The molecular formula is C48H82O41. The van der Waals surface area contributed by atoms with Crippen molar-refractivity contribution in [3.05, 3.63) is 0 Å². The van der Waals surface area contributed by atoms with Gasteiger partial charge in [-0.05, 0) is 0 Å². The van der Waals surface area contributed by atoms with Gasteiger partial charge in [-0.3, -0.25) is 0 Å². The highest BCUT2D eigenvalue weighted by Crippen LogP contribution is 2.40. The van der Waals surface area contributed by atoms with Gasteiger partial charge >= 0.3 is 0 Å². The zero-order chi connectivity index (χ0) is 65.4. The summed E-state index contributed by atoms with van der Waals surface area (Å²) in [7, 11) is 0. The first-order chi connectivity index (χ1) is 42.2. The Morgan fingerprint density at radius 2 is 0.326 bits per heavy atom. The molecule has 0 radical (unpaired) electrons. The van der Waals surface area contributed by atoms with Crippen molar-refractivity contribution >= 4 is 0 Å². The summed E-state index contributed by atoms with van der Waals surface area (Å²) in [5.41, 5.74) is 0. The summed E-state index contributed by atoms with van der Waals surface area (Å²) in [6.45, 7) is -8.53. The van der Waals surface area contributed by atoms with Crippen molar-refractivity contribution in [1.29, 1.82) is 0 Å². The number of hydrogen-bond donors (Lipinski definition) is 26. The number of aliphatic hydroxyl groups is 26. The molecule has 8 fully saturated rings. The predicted molar refractivity (Wildman–Crippen MR) is 264 cm³/mol. The van der Waals surface area contributed by atoms with Crippen molar-refractivity contribution < 1.29 is 204 Å². The van der Waals surface area contributed by atoms with E-state index in [-0.39, 0.29) is 0 Å². The SMILES string of the molecule is OC[C@H]1O[C@H](O[C@H]2[C@@H](O[C@H]3[C@@H](O[C@H]4[C@@H](O[C@H]5[C@@H](O[C@H]6[C@@H](O[C@H]7[C@@H](O[C@H]8C(O)O[C@H](CO)[C@@H](O)[C@@H]8O)O[C@H](CO)[C@@H](O)[C@@H]7O)O[C@H](CO)[C@@H](O)[C@@H]6O)O[C@H](CO)[C@@H](O)[C@@H]5O)O[C@H](CO)[C@@H](O)[C@@H]4O)O[C@H](CO)[C@@H](O)[C@@H]3O)O[C@H](CO)[C@@H](O)[C@@H]2O)[C@H](O)[C@@H](O)[C@@H]1O. The lowest BCUT2D eigenvalue weighted by molar-refractivity contribution is -0.422. The van der Waals surface area contributed by atoms with Crippen molar-refractivity contribution in [3.8, 4) is 0 Å². The first kappa shape index (κ1) is 73.2. The minimum Gasteiger partial charge on any atom is -0.394 e. The van der Waals surface area contributed by atoms with E-state index < -0.39 is 299 Å². The first-order valence-electron chi connectivity index (χ1n) is 28.2. The Hall–Kier alpha value is -1.64. The van der Waals surface area contributed by atoms with E-state index in [2.05, 4.69) is 0 Å². The zero-order valence-corrected chi connectivity index (χ0v) is 46.5. The lowest BCUT2D eigenvalue weighted by atomic mass is 9.95. The van der Waals surface area contributed by atoms with Gasteiger partial charge in [-0.2, -0.15) is 0 Å². The Labute approximate surface area is 501 Å². The third-order valence-electron chi connectivity index (χ3n) is 16.7. The lowest BCUT2D eigenvalue weighted by Crippen LogP contribution is -2.69. The Balaban J connectivity index is 1.10. The van der Waals surface area contributed by atoms with Crippen molar-refractivity contribution in [2.24, 2.45) is 0 Å². The van der Waals surface area contributed by atoms with Crippen LogP contribution >= 0.6 is 0 Å². The number of hydrogen-bond acceptors (Lipinski definition) is 41. The highest BCUT2D eigenvalue weighted by atomic mass is 16.8. The normalized spacial score (nSPS) is 53.6. The molecule has 89 heavy (non-hydrogen) atoms. The molecule has 0 aromatic heterocycles. The van der Waals surface area contributed by atoms with Crippen LogP contribution in [-0.2, 0) is 71.1 Å². The molecule has 1 unspecified atom stereocenters. The number of rotatable bonds is 22. The minimum atomic E-state index is -2.40. The molecule has 26 N–H and O–H groups in total. The van der Waals surface area contributed by atoms with Crippen LogP contribution in [-0.4, -0.2) is 431 Å². The quantitative estimate of drug-likeness (QED) is 0.0479. The molecule has 8 saturated heterocycles. The standard InChI is InChI=1S/C48H82O41/c49-1-9-18(58)26(66)34(41(74)75-9)83-43-36(28(68)20(60)11(3-51)77-43)85-45-38(30(70)22(62)13(5-53)79-45)87-47-40(32(72)24(64)15(7-55)81-47)89-48-39(31(71)23(63)16(8-56)82-48)88-46-37(29(69)21(61)14(6-54)80-46)86-44-35(27(67)19(59)12(4-52)78-44)84-42-33(73)25(65)17(57)10(2-50)76-42/h9-74H,1-8H2/t9-,10-,11-,12-,13-,14-,15-,16-,17-,18-,19-,20-,21-,22-,23-,24-,25+,26+,27+,28+,29+,30+,31+,32+,33-,34-,35-,36-,37-,38-,39-,40-,41?,42-,43-,44-,45-,46-,47-,48-/m1/s1. The average molecular weight is 1320 g/mol. The molecule has 8 rings (SSSR count). The minimum absolute atomic E-state index is 0.910. The second-order valence-corrected chi connectivity index (χ2v) is 22.4. The maximum absolute atomic E-state index is 11.8. The van der Waals surface area contributed by atoms with Crippen molar-refractivity contribution in [2.45, 2.75) is 246 Å². The molecule has 520 valence electrons. The van der Waals surface area contributed by atoms with E-state index in [1.54, 1.807) is 0 Å². The molecule has 0 saturated carbocycles. The number of aliphatic hydroxyl groups excluding tert-OH is 26. The Kier molecular flexibility index (Phi) is 25.9. The van der Waals surface area contributed by atoms with Gasteiger partial charge in [0.25, 0.3) is 0 Å². The molecule has 0 bridgehead atoms. The second kappa shape index (κ2) is 31.5. The summed E-state index contributed by atoms with van der Waals surface area (Å²) in [6.07, 6.45) is -85.2. The molecule has 41 heteroatoms. The van der Waals surface area contributed by atoms with E-state index in [1.807, 2.05) is 0 Å². The van der Waals surface area contributed by atoms with Crippen LogP contribution in [0.25, 0.3) is 0 Å². The average Bonchev–Trinajstić information content (AvgIpc) is 1.22. The van der Waals surface area contributed by atoms with Crippen LogP contribution in [0.3, 0.4) is 0 Å². The fourth-order valence-corrected chi connectivity index (χ4v) is 11.3. The fraction of sp³-hybridized carbons (Fsp3) is 1.00. The summed E-state index contributed by atoms with van der Waals surface area (Å²) >= 11 is 0. The predicted octanol–water partition coefficient (Wildman–Crippen LogP) is -18.5. The van der Waals surface area contributed by atoms with Gasteiger partial charge in [0.05, 0.1) is 52.9 Å². The molecule has 41 nitrogen and oxygen atoms in total. The van der Waals surface area contributed by atoms with Gasteiger partial charge in [0.15, 0.2) is 50.3 Å². The van der Waals surface area contributed by atoms with Crippen molar-refractivity contribution in [2.75, 3.05) is 52.9 Å². The molecule has 0 aliphatic carbocycles. The van der Waals surface area contributed by atoms with Gasteiger partial charge in [0.2, 0.25) is 0 Å². The second-order valence-electron chi connectivity index (χ2n) is 22.4. The summed E-state index contributed by atoms with van der Waals surface area (Å²) in [4.78, 5) is 0. The topological polar surface area (TPSA) is 664 Å². The largest absolute Gasteiger partial charge is 0.394 e. The Morgan fingerprint density at radius 3 is 0.539 bits per heavy atom. The van der Waals surface area contributed by atoms with Gasteiger partial charge in [-0.1, -0.05) is 0 Å². The summed E-state index contributed by atoms with van der Waals surface area (Å²) in [5, 5.41) is 281. The molecule has 8 heterocycles. The highest BCUT2D eigenvalue weighted by Gasteiger charge is 2.60. The van der Waals surface area contributed by atoms with E-state index in [0.29, 0.717) is 0 Å².